The van der Waals surface area contributed by atoms with Gasteiger partial charge >= 0.3 is 5.97 Å². The van der Waals surface area contributed by atoms with E-state index in [0.29, 0.717) is 5.56 Å². The SMILES string of the molecule is Cc1cc(F)c(C(=O)O)c(NCC(O)CO)c1. The number of aromatic carboxylic acids is 1. The molecule has 6 heteroatoms. The summed E-state index contributed by atoms with van der Waals surface area (Å²) < 4.78 is 13.4. The first-order chi connectivity index (χ1) is 7.95. The number of carboxylic acids is 1. The Morgan fingerprint density at radius 1 is 1.53 bits per heavy atom. The van der Waals surface area contributed by atoms with Crippen molar-refractivity contribution in [3.8, 4) is 0 Å². The summed E-state index contributed by atoms with van der Waals surface area (Å²) in [7, 11) is 0. The molecule has 1 aromatic rings. The second-order valence-electron chi connectivity index (χ2n) is 3.69. The number of nitrogens with one attached hydrogen (secondary N) is 1. The highest BCUT2D eigenvalue weighted by Gasteiger charge is 2.17. The third-order valence-corrected chi connectivity index (χ3v) is 2.19. The molecule has 1 rings (SSSR count). The standard InChI is InChI=1S/C11H14FNO4/c1-6-2-8(12)10(11(16)17)9(3-6)13-4-7(15)5-14/h2-3,7,13-15H,4-5H2,1H3,(H,16,17). The Morgan fingerprint density at radius 3 is 2.71 bits per heavy atom. The van der Waals surface area contributed by atoms with Crippen LogP contribution in [0.15, 0.2) is 12.1 Å². The number of hydrogen-bond donors (Lipinski definition) is 4. The summed E-state index contributed by atoms with van der Waals surface area (Å²) in [4.78, 5) is 10.9. The first-order valence-electron chi connectivity index (χ1n) is 5.02. The van der Waals surface area contributed by atoms with E-state index in [1.807, 2.05) is 0 Å². The number of aryl methyl sites for hydroxylation is 1. The third kappa shape index (κ3) is 3.40. The van der Waals surface area contributed by atoms with E-state index in [1.54, 1.807) is 6.92 Å². The third-order valence-electron chi connectivity index (χ3n) is 2.19. The van der Waals surface area contributed by atoms with Crippen LogP contribution in [0.1, 0.15) is 15.9 Å². The van der Waals surface area contributed by atoms with Crippen molar-refractivity contribution in [2.24, 2.45) is 0 Å². The predicted molar refractivity (Wildman–Crippen MR) is 59.7 cm³/mol. The number of halogens is 1. The van der Waals surface area contributed by atoms with Gasteiger partial charge in [-0.05, 0) is 24.6 Å². The van der Waals surface area contributed by atoms with Gasteiger partial charge in [-0.15, -0.1) is 0 Å². The van der Waals surface area contributed by atoms with E-state index in [-0.39, 0.29) is 12.2 Å². The van der Waals surface area contributed by atoms with Crippen LogP contribution in [0.4, 0.5) is 10.1 Å². The summed E-state index contributed by atoms with van der Waals surface area (Å²) in [6, 6.07) is 2.59. The van der Waals surface area contributed by atoms with Crippen LogP contribution in [0.5, 0.6) is 0 Å². The number of aliphatic hydroxyl groups is 2. The van der Waals surface area contributed by atoms with Gasteiger partial charge in [0.25, 0.3) is 0 Å². The van der Waals surface area contributed by atoms with Gasteiger partial charge < -0.3 is 20.6 Å². The topological polar surface area (TPSA) is 89.8 Å². The Labute approximate surface area is 97.5 Å². The van der Waals surface area contributed by atoms with Gasteiger partial charge in [0.2, 0.25) is 0 Å². The minimum atomic E-state index is -1.39. The first kappa shape index (κ1) is 13.4. The van der Waals surface area contributed by atoms with Crippen LogP contribution in [0, 0.1) is 12.7 Å². The van der Waals surface area contributed by atoms with Crippen molar-refractivity contribution in [1.29, 1.82) is 0 Å². The minimum Gasteiger partial charge on any atom is -0.478 e. The molecule has 4 N–H and O–H groups in total. The van der Waals surface area contributed by atoms with Crippen LogP contribution in [-0.2, 0) is 0 Å². The Morgan fingerprint density at radius 2 is 2.18 bits per heavy atom. The summed E-state index contributed by atoms with van der Waals surface area (Å²) in [6.45, 7) is 1.12. The summed E-state index contributed by atoms with van der Waals surface area (Å²) in [5, 5.41) is 29.2. The Kier molecular flexibility index (Phi) is 4.42. The molecule has 0 aromatic heterocycles. The van der Waals surface area contributed by atoms with Crippen molar-refractivity contribution < 1.29 is 24.5 Å². The Balaban J connectivity index is 3.00. The highest BCUT2D eigenvalue weighted by molar-refractivity contribution is 5.94. The maximum atomic E-state index is 13.4. The molecule has 17 heavy (non-hydrogen) atoms. The van der Waals surface area contributed by atoms with Crippen LogP contribution < -0.4 is 5.32 Å². The predicted octanol–water partition coefficient (Wildman–Crippen LogP) is 0.597. The lowest BCUT2D eigenvalue weighted by Crippen LogP contribution is -2.24. The maximum absolute atomic E-state index is 13.4. The fourth-order valence-electron chi connectivity index (χ4n) is 1.39. The molecule has 0 amide bonds. The van der Waals surface area contributed by atoms with Crippen LogP contribution in [-0.4, -0.2) is 40.5 Å². The van der Waals surface area contributed by atoms with Gasteiger partial charge in [0.15, 0.2) is 0 Å². The van der Waals surface area contributed by atoms with E-state index in [4.69, 9.17) is 15.3 Å². The van der Waals surface area contributed by atoms with Crippen molar-refractivity contribution >= 4 is 11.7 Å². The Bertz CT molecular complexity index is 422. The average molecular weight is 243 g/mol. The van der Waals surface area contributed by atoms with Crippen LogP contribution in [0.25, 0.3) is 0 Å². The summed E-state index contributed by atoms with van der Waals surface area (Å²) >= 11 is 0. The number of benzene rings is 1. The second-order valence-corrected chi connectivity index (χ2v) is 3.69. The zero-order valence-electron chi connectivity index (χ0n) is 9.27. The molecule has 0 aliphatic carbocycles. The van der Waals surface area contributed by atoms with Gasteiger partial charge in [0.05, 0.1) is 18.4 Å². The van der Waals surface area contributed by atoms with Crippen LogP contribution >= 0.6 is 0 Å². The molecule has 1 atom stereocenters. The molecule has 94 valence electrons. The zero-order valence-corrected chi connectivity index (χ0v) is 9.27. The van der Waals surface area contributed by atoms with Crippen LogP contribution in [0.2, 0.25) is 0 Å². The van der Waals surface area contributed by atoms with Crippen molar-refractivity contribution in [2.45, 2.75) is 13.0 Å². The number of aliphatic hydroxyl groups excluding tert-OH is 2. The van der Waals surface area contributed by atoms with Gasteiger partial charge in [-0.1, -0.05) is 0 Å². The van der Waals surface area contributed by atoms with E-state index < -0.39 is 30.1 Å². The molecule has 0 spiro atoms. The van der Waals surface area contributed by atoms with Gasteiger partial charge in [-0.2, -0.15) is 0 Å². The molecule has 0 saturated heterocycles. The normalized spacial score (nSPS) is 12.2. The van der Waals surface area contributed by atoms with E-state index in [0.717, 1.165) is 6.07 Å². The highest BCUT2D eigenvalue weighted by atomic mass is 19.1. The molecule has 0 aliphatic heterocycles. The molecule has 5 nitrogen and oxygen atoms in total. The van der Waals surface area contributed by atoms with E-state index in [2.05, 4.69) is 5.32 Å². The van der Waals surface area contributed by atoms with E-state index >= 15 is 0 Å². The lowest BCUT2D eigenvalue weighted by molar-refractivity contribution is 0.0692. The van der Waals surface area contributed by atoms with Crippen molar-refractivity contribution in [3.05, 3.63) is 29.1 Å². The van der Waals surface area contributed by atoms with Crippen LogP contribution in [0.3, 0.4) is 0 Å². The second kappa shape index (κ2) is 5.60. The van der Waals surface area contributed by atoms with Crippen molar-refractivity contribution in [3.63, 3.8) is 0 Å². The molecule has 1 aromatic carbocycles. The molecule has 1 unspecified atom stereocenters. The first-order valence-corrected chi connectivity index (χ1v) is 5.02. The molecule has 0 radical (unpaired) electrons. The van der Waals surface area contributed by atoms with E-state index in [1.165, 1.54) is 6.07 Å². The molecular weight excluding hydrogens is 229 g/mol. The Hall–Kier alpha value is -1.66. The maximum Gasteiger partial charge on any atom is 0.340 e. The highest BCUT2D eigenvalue weighted by Crippen LogP contribution is 2.21. The van der Waals surface area contributed by atoms with Gasteiger partial charge in [0, 0.05) is 6.54 Å². The fraction of sp³-hybridized carbons (Fsp3) is 0.364. The molecule has 0 bridgehead atoms. The molecule has 0 heterocycles. The average Bonchev–Trinajstić information content (AvgIpc) is 2.24. The molecule has 0 fully saturated rings. The number of anilines is 1. The van der Waals surface area contributed by atoms with E-state index in [9.17, 15) is 9.18 Å². The van der Waals surface area contributed by atoms with Crippen molar-refractivity contribution in [1.82, 2.24) is 0 Å². The lowest BCUT2D eigenvalue weighted by atomic mass is 10.1. The number of carbonyl (C=O) groups is 1. The van der Waals surface area contributed by atoms with Gasteiger partial charge in [-0.25, -0.2) is 9.18 Å². The molecule has 0 saturated carbocycles. The lowest BCUT2D eigenvalue weighted by Gasteiger charge is -2.13. The summed E-state index contributed by atoms with van der Waals surface area (Å²) in [6.07, 6.45) is -1.03. The number of hydrogen-bond acceptors (Lipinski definition) is 4. The molecule has 0 aliphatic rings. The molecular formula is C11H14FNO4. The van der Waals surface area contributed by atoms with Gasteiger partial charge in [-0.3, -0.25) is 0 Å². The monoisotopic (exact) mass is 243 g/mol. The largest absolute Gasteiger partial charge is 0.478 e. The quantitative estimate of drug-likeness (QED) is 0.608. The smallest absolute Gasteiger partial charge is 0.340 e. The summed E-state index contributed by atoms with van der Waals surface area (Å²) in [5.74, 6) is -2.22. The number of carboxylic acid groups (broad SMARTS) is 1. The van der Waals surface area contributed by atoms with Crippen molar-refractivity contribution in [2.75, 3.05) is 18.5 Å². The fourth-order valence-corrected chi connectivity index (χ4v) is 1.39. The zero-order chi connectivity index (χ0) is 13.0. The minimum absolute atomic E-state index is 0.0559. The summed E-state index contributed by atoms with van der Waals surface area (Å²) in [5.41, 5.74) is 0.178. The van der Waals surface area contributed by atoms with Gasteiger partial charge in [0.1, 0.15) is 11.4 Å². The number of rotatable bonds is 5.